The van der Waals surface area contributed by atoms with Crippen molar-refractivity contribution in [2.75, 3.05) is 20.3 Å². The Hall–Kier alpha value is -1.55. The number of nitrogens with one attached hydrogen (secondary N) is 1. The second kappa shape index (κ2) is 7.71. The van der Waals surface area contributed by atoms with Gasteiger partial charge in [-0.1, -0.05) is 19.1 Å². The van der Waals surface area contributed by atoms with Gasteiger partial charge in [-0.3, -0.25) is 4.79 Å². The Morgan fingerprint density at radius 2 is 2.22 bits per heavy atom. The van der Waals surface area contributed by atoms with Gasteiger partial charge in [0.2, 0.25) is 5.91 Å². The number of hydrogen-bond donors (Lipinski definition) is 1. The summed E-state index contributed by atoms with van der Waals surface area (Å²) in [5.74, 6) is 0.732. The molecule has 0 spiro atoms. The molecule has 0 saturated heterocycles. The van der Waals surface area contributed by atoms with Gasteiger partial charge >= 0.3 is 0 Å². The van der Waals surface area contributed by atoms with Crippen LogP contribution in [-0.4, -0.2) is 32.3 Å². The van der Waals surface area contributed by atoms with Crippen LogP contribution >= 0.6 is 0 Å². The first-order valence-corrected chi connectivity index (χ1v) is 6.17. The van der Waals surface area contributed by atoms with E-state index in [1.54, 1.807) is 0 Å². The predicted octanol–water partition coefficient (Wildman–Crippen LogP) is 1.92. The maximum Gasteiger partial charge on any atom is 0.249 e. The fourth-order valence-electron chi connectivity index (χ4n) is 1.62. The molecule has 0 aliphatic rings. The Morgan fingerprint density at radius 3 is 2.83 bits per heavy atom. The van der Waals surface area contributed by atoms with Crippen LogP contribution in [0, 0.1) is 6.92 Å². The van der Waals surface area contributed by atoms with E-state index < -0.39 is 0 Å². The molecule has 0 aliphatic heterocycles. The van der Waals surface area contributed by atoms with E-state index in [1.165, 1.54) is 7.11 Å². The zero-order chi connectivity index (χ0) is 13.4. The number of hydrogen-bond acceptors (Lipinski definition) is 3. The number of aryl methyl sites for hydroxylation is 1. The molecule has 0 fully saturated rings. The molecule has 1 N–H and O–H groups in total. The number of amides is 1. The van der Waals surface area contributed by atoms with Gasteiger partial charge in [-0.2, -0.15) is 0 Å². The first-order chi connectivity index (χ1) is 8.67. The van der Waals surface area contributed by atoms with E-state index in [0.29, 0.717) is 19.6 Å². The molecular weight excluding hydrogens is 230 g/mol. The van der Waals surface area contributed by atoms with Gasteiger partial charge < -0.3 is 14.8 Å². The summed E-state index contributed by atoms with van der Waals surface area (Å²) in [7, 11) is 1.54. The van der Waals surface area contributed by atoms with Crippen molar-refractivity contribution in [2.24, 2.45) is 0 Å². The first-order valence-electron chi connectivity index (χ1n) is 6.17. The number of methoxy groups -OCH3 is 1. The summed E-state index contributed by atoms with van der Waals surface area (Å²) in [6.45, 7) is 4.86. The van der Waals surface area contributed by atoms with Crippen molar-refractivity contribution in [1.29, 1.82) is 0 Å². The minimum absolute atomic E-state index is 0.0900. The molecule has 1 aromatic rings. The molecule has 4 nitrogen and oxygen atoms in total. The monoisotopic (exact) mass is 251 g/mol. The summed E-state index contributed by atoms with van der Waals surface area (Å²) in [5, 5.41) is 2.78. The van der Waals surface area contributed by atoms with Gasteiger partial charge in [0.25, 0.3) is 0 Å². The van der Waals surface area contributed by atoms with E-state index >= 15 is 0 Å². The SMILES string of the molecule is CCC(OC)C(=O)NCCOc1cccc(C)c1. The third-order valence-corrected chi connectivity index (χ3v) is 2.61. The minimum atomic E-state index is -0.371. The molecule has 1 unspecified atom stereocenters. The zero-order valence-corrected chi connectivity index (χ0v) is 11.2. The Labute approximate surface area is 108 Å². The summed E-state index contributed by atoms with van der Waals surface area (Å²) >= 11 is 0. The largest absolute Gasteiger partial charge is 0.492 e. The molecule has 0 radical (unpaired) electrons. The number of carbonyl (C=O) groups is 1. The van der Waals surface area contributed by atoms with Crippen molar-refractivity contribution in [3.8, 4) is 5.75 Å². The van der Waals surface area contributed by atoms with Crippen LogP contribution in [0.2, 0.25) is 0 Å². The molecule has 0 saturated carbocycles. The summed E-state index contributed by atoms with van der Waals surface area (Å²) in [6.07, 6.45) is 0.296. The average molecular weight is 251 g/mol. The summed E-state index contributed by atoms with van der Waals surface area (Å²) < 4.78 is 10.6. The van der Waals surface area contributed by atoms with E-state index in [1.807, 2.05) is 38.1 Å². The lowest BCUT2D eigenvalue weighted by molar-refractivity contribution is -0.131. The topological polar surface area (TPSA) is 47.6 Å². The van der Waals surface area contributed by atoms with E-state index in [2.05, 4.69) is 5.32 Å². The molecular formula is C14H21NO3. The first kappa shape index (κ1) is 14.5. The van der Waals surface area contributed by atoms with Crippen molar-refractivity contribution in [2.45, 2.75) is 26.4 Å². The molecule has 0 aliphatic carbocycles. The zero-order valence-electron chi connectivity index (χ0n) is 11.2. The van der Waals surface area contributed by atoms with Gasteiger partial charge in [-0.15, -0.1) is 0 Å². The fraction of sp³-hybridized carbons (Fsp3) is 0.500. The molecule has 1 aromatic carbocycles. The number of carbonyl (C=O) groups excluding carboxylic acids is 1. The standard InChI is InChI=1S/C14H21NO3/c1-4-13(17-3)14(16)15-8-9-18-12-7-5-6-11(2)10-12/h5-7,10,13H,4,8-9H2,1-3H3,(H,15,16). The lowest BCUT2D eigenvalue weighted by atomic mass is 10.2. The van der Waals surface area contributed by atoms with E-state index in [4.69, 9.17) is 9.47 Å². The highest BCUT2D eigenvalue weighted by atomic mass is 16.5. The maximum atomic E-state index is 11.6. The number of rotatable bonds is 7. The average Bonchev–Trinajstić information content (AvgIpc) is 2.36. The molecule has 0 bridgehead atoms. The molecule has 4 heteroatoms. The summed E-state index contributed by atoms with van der Waals surface area (Å²) in [6, 6.07) is 7.82. The van der Waals surface area contributed by atoms with Gasteiger partial charge in [0, 0.05) is 7.11 Å². The quantitative estimate of drug-likeness (QED) is 0.753. The Kier molecular flexibility index (Phi) is 6.22. The number of ether oxygens (including phenoxy) is 2. The second-order valence-electron chi connectivity index (χ2n) is 4.09. The van der Waals surface area contributed by atoms with E-state index in [-0.39, 0.29) is 12.0 Å². The van der Waals surface area contributed by atoms with Crippen molar-refractivity contribution in [3.63, 3.8) is 0 Å². The van der Waals surface area contributed by atoms with Crippen LogP contribution in [0.15, 0.2) is 24.3 Å². The normalized spacial score (nSPS) is 11.9. The molecule has 100 valence electrons. The fourth-order valence-corrected chi connectivity index (χ4v) is 1.62. The molecule has 18 heavy (non-hydrogen) atoms. The van der Waals surface area contributed by atoms with Crippen LogP contribution in [0.25, 0.3) is 0 Å². The van der Waals surface area contributed by atoms with Gasteiger partial charge in [-0.05, 0) is 31.0 Å². The highest BCUT2D eigenvalue weighted by Crippen LogP contribution is 2.11. The molecule has 0 heterocycles. The predicted molar refractivity (Wildman–Crippen MR) is 70.8 cm³/mol. The smallest absolute Gasteiger partial charge is 0.249 e. The highest BCUT2D eigenvalue weighted by Gasteiger charge is 2.13. The molecule has 1 amide bonds. The van der Waals surface area contributed by atoms with Crippen LogP contribution in [0.4, 0.5) is 0 Å². The van der Waals surface area contributed by atoms with Gasteiger partial charge in [0.15, 0.2) is 0 Å². The van der Waals surface area contributed by atoms with Crippen LogP contribution < -0.4 is 10.1 Å². The van der Waals surface area contributed by atoms with Gasteiger partial charge in [0.05, 0.1) is 6.54 Å². The van der Waals surface area contributed by atoms with Gasteiger partial charge in [-0.25, -0.2) is 0 Å². The van der Waals surface area contributed by atoms with Gasteiger partial charge in [0.1, 0.15) is 18.5 Å². The lowest BCUT2D eigenvalue weighted by Gasteiger charge is -2.13. The molecule has 0 aromatic heterocycles. The summed E-state index contributed by atoms with van der Waals surface area (Å²) in [5.41, 5.74) is 1.15. The van der Waals surface area contributed by atoms with Crippen molar-refractivity contribution < 1.29 is 14.3 Å². The number of benzene rings is 1. The van der Waals surface area contributed by atoms with Crippen LogP contribution in [0.3, 0.4) is 0 Å². The molecule has 1 rings (SSSR count). The molecule has 1 atom stereocenters. The van der Waals surface area contributed by atoms with E-state index in [9.17, 15) is 4.79 Å². The third kappa shape index (κ3) is 4.75. The summed E-state index contributed by atoms with van der Waals surface area (Å²) in [4.78, 5) is 11.6. The minimum Gasteiger partial charge on any atom is -0.492 e. The van der Waals surface area contributed by atoms with Crippen LogP contribution in [0.1, 0.15) is 18.9 Å². The van der Waals surface area contributed by atoms with Crippen molar-refractivity contribution in [1.82, 2.24) is 5.32 Å². The Balaban J connectivity index is 2.24. The van der Waals surface area contributed by atoms with Crippen molar-refractivity contribution >= 4 is 5.91 Å². The second-order valence-corrected chi connectivity index (χ2v) is 4.09. The van der Waals surface area contributed by atoms with Crippen molar-refractivity contribution in [3.05, 3.63) is 29.8 Å². The van der Waals surface area contributed by atoms with Crippen LogP contribution in [-0.2, 0) is 9.53 Å². The highest BCUT2D eigenvalue weighted by molar-refractivity contribution is 5.80. The lowest BCUT2D eigenvalue weighted by Crippen LogP contribution is -2.37. The third-order valence-electron chi connectivity index (χ3n) is 2.61. The Morgan fingerprint density at radius 1 is 1.44 bits per heavy atom. The maximum absolute atomic E-state index is 11.6. The van der Waals surface area contributed by atoms with Crippen LogP contribution in [0.5, 0.6) is 5.75 Å². The van der Waals surface area contributed by atoms with E-state index in [0.717, 1.165) is 11.3 Å². The Bertz CT molecular complexity index is 375.